The Morgan fingerprint density at radius 3 is 2.52 bits per heavy atom. The van der Waals surface area contributed by atoms with Gasteiger partial charge in [-0.15, -0.1) is 0 Å². The lowest BCUT2D eigenvalue weighted by Crippen LogP contribution is -2.35. The SMILES string of the molecule is O=C(c1cc2cnc(-c3ccccc3)nc2[nH]1)N1CCCN(Cc2ccccc2)CC1. The Labute approximate surface area is 181 Å². The van der Waals surface area contributed by atoms with Crippen molar-refractivity contribution in [3.8, 4) is 11.4 Å². The van der Waals surface area contributed by atoms with Gasteiger partial charge in [-0.25, -0.2) is 9.97 Å². The van der Waals surface area contributed by atoms with E-state index in [4.69, 9.17) is 0 Å². The lowest BCUT2D eigenvalue weighted by Gasteiger charge is -2.21. The minimum absolute atomic E-state index is 0.0285. The molecule has 0 spiro atoms. The third kappa shape index (κ3) is 4.34. The number of benzene rings is 2. The van der Waals surface area contributed by atoms with Crippen molar-refractivity contribution in [2.24, 2.45) is 0 Å². The van der Waals surface area contributed by atoms with Crippen LogP contribution in [0.4, 0.5) is 0 Å². The Balaban J connectivity index is 1.29. The summed E-state index contributed by atoms with van der Waals surface area (Å²) in [7, 11) is 0. The van der Waals surface area contributed by atoms with E-state index in [9.17, 15) is 4.79 Å². The van der Waals surface area contributed by atoms with Gasteiger partial charge in [-0.2, -0.15) is 0 Å². The summed E-state index contributed by atoms with van der Waals surface area (Å²) in [6, 6.07) is 22.2. The van der Waals surface area contributed by atoms with E-state index in [-0.39, 0.29) is 5.91 Å². The molecule has 0 bridgehead atoms. The minimum atomic E-state index is 0.0285. The average molecular weight is 412 g/mol. The summed E-state index contributed by atoms with van der Waals surface area (Å²) in [5.74, 6) is 0.682. The Kier molecular flexibility index (Phi) is 5.46. The number of nitrogens with one attached hydrogen (secondary N) is 1. The van der Waals surface area contributed by atoms with Gasteiger partial charge in [0.05, 0.1) is 0 Å². The van der Waals surface area contributed by atoms with E-state index in [0.717, 1.165) is 50.1 Å². The van der Waals surface area contributed by atoms with Gasteiger partial charge in [0.15, 0.2) is 5.82 Å². The first-order valence-corrected chi connectivity index (χ1v) is 10.7. The van der Waals surface area contributed by atoms with Crippen LogP contribution in [0, 0.1) is 0 Å². The van der Waals surface area contributed by atoms with E-state index in [1.807, 2.05) is 47.4 Å². The summed E-state index contributed by atoms with van der Waals surface area (Å²) in [5, 5.41) is 0.851. The van der Waals surface area contributed by atoms with Crippen LogP contribution in [0.2, 0.25) is 0 Å². The highest BCUT2D eigenvalue weighted by Crippen LogP contribution is 2.20. The fourth-order valence-corrected chi connectivity index (χ4v) is 4.10. The summed E-state index contributed by atoms with van der Waals surface area (Å²) < 4.78 is 0. The first-order valence-electron chi connectivity index (χ1n) is 10.7. The second-order valence-electron chi connectivity index (χ2n) is 7.95. The van der Waals surface area contributed by atoms with E-state index in [0.29, 0.717) is 17.2 Å². The molecule has 156 valence electrons. The van der Waals surface area contributed by atoms with Crippen LogP contribution in [0.1, 0.15) is 22.5 Å². The van der Waals surface area contributed by atoms with Crippen molar-refractivity contribution < 1.29 is 4.79 Å². The van der Waals surface area contributed by atoms with Gasteiger partial charge in [-0.1, -0.05) is 60.7 Å². The molecule has 4 aromatic rings. The Morgan fingerprint density at radius 2 is 1.71 bits per heavy atom. The molecule has 1 aliphatic rings. The topological polar surface area (TPSA) is 65.1 Å². The van der Waals surface area contributed by atoms with Crippen LogP contribution < -0.4 is 0 Å². The van der Waals surface area contributed by atoms with Gasteiger partial charge in [-0.3, -0.25) is 9.69 Å². The average Bonchev–Trinajstić information content (AvgIpc) is 3.11. The van der Waals surface area contributed by atoms with Gasteiger partial charge >= 0.3 is 0 Å². The summed E-state index contributed by atoms with van der Waals surface area (Å²) in [5.41, 5.74) is 3.53. The maximum Gasteiger partial charge on any atom is 0.270 e. The quantitative estimate of drug-likeness (QED) is 0.552. The van der Waals surface area contributed by atoms with Crippen molar-refractivity contribution in [3.63, 3.8) is 0 Å². The molecule has 1 saturated heterocycles. The zero-order valence-corrected chi connectivity index (χ0v) is 17.4. The van der Waals surface area contributed by atoms with Crippen molar-refractivity contribution in [3.05, 3.63) is 84.2 Å². The van der Waals surface area contributed by atoms with Gasteiger partial charge in [0, 0.05) is 49.9 Å². The van der Waals surface area contributed by atoms with E-state index >= 15 is 0 Å². The lowest BCUT2D eigenvalue weighted by molar-refractivity contribution is 0.0756. The summed E-state index contributed by atoms with van der Waals surface area (Å²) >= 11 is 0. The van der Waals surface area contributed by atoms with Crippen LogP contribution >= 0.6 is 0 Å². The molecule has 0 atom stereocenters. The van der Waals surface area contributed by atoms with Crippen LogP contribution in [0.5, 0.6) is 0 Å². The predicted molar refractivity (Wildman–Crippen MR) is 122 cm³/mol. The molecule has 31 heavy (non-hydrogen) atoms. The van der Waals surface area contributed by atoms with Crippen molar-refractivity contribution in [1.29, 1.82) is 0 Å². The molecule has 0 radical (unpaired) electrons. The molecule has 0 saturated carbocycles. The monoisotopic (exact) mass is 411 g/mol. The van der Waals surface area contributed by atoms with E-state index in [2.05, 4.69) is 44.1 Å². The number of nitrogens with zero attached hydrogens (tertiary/aromatic N) is 4. The molecule has 6 heteroatoms. The zero-order chi connectivity index (χ0) is 21.0. The molecule has 0 unspecified atom stereocenters. The van der Waals surface area contributed by atoms with Gasteiger partial charge < -0.3 is 9.88 Å². The highest BCUT2D eigenvalue weighted by Gasteiger charge is 2.22. The predicted octanol–water partition coefficient (Wildman–Crippen LogP) is 3.97. The molecule has 6 nitrogen and oxygen atoms in total. The molecule has 3 heterocycles. The second-order valence-corrected chi connectivity index (χ2v) is 7.95. The molecule has 1 aliphatic heterocycles. The number of amides is 1. The Bertz CT molecular complexity index is 1170. The van der Waals surface area contributed by atoms with Crippen LogP contribution in [0.15, 0.2) is 72.9 Å². The fraction of sp³-hybridized carbons (Fsp3) is 0.240. The maximum atomic E-state index is 13.2. The maximum absolute atomic E-state index is 13.2. The number of H-pyrrole nitrogens is 1. The fourth-order valence-electron chi connectivity index (χ4n) is 4.10. The first kappa shape index (κ1) is 19.5. The molecular weight excluding hydrogens is 386 g/mol. The first-order chi connectivity index (χ1) is 15.3. The molecule has 1 fully saturated rings. The van der Waals surface area contributed by atoms with Crippen molar-refractivity contribution in [2.75, 3.05) is 26.2 Å². The number of aromatic amines is 1. The third-order valence-electron chi connectivity index (χ3n) is 5.76. The largest absolute Gasteiger partial charge is 0.336 e. The summed E-state index contributed by atoms with van der Waals surface area (Å²) in [4.78, 5) is 29.8. The van der Waals surface area contributed by atoms with Gasteiger partial charge in [-0.05, 0) is 18.1 Å². The lowest BCUT2D eigenvalue weighted by atomic mass is 10.2. The molecule has 2 aromatic heterocycles. The standard InChI is InChI=1S/C25H25N5O/c31-25(30-13-7-12-29(14-15-30)18-19-8-3-1-4-9-19)22-16-21-17-26-23(28-24(21)27-22)20-10-5-2-6-11-20/h1-6,8-11,16-17H,7,12-15,18H2,(H,26,27,28). The molecule has 0 aliphatic carbocycles. The number of hydrogen-bond acceptors (Lipinski definition) is 4. The number of carbonyl (C=O) groups excluding carboxylic acids is 1. The van der Waals surface area contributed by atoms with Crippen molar-refractivity contribution in [2.45, 2.75) is 13.0 Å². The van der Waals surface area contributed by atoms with E-state index in [1.165, 1.54) is 5.56 Å². The molecule has 1 amide bonds. The number of hydrogen-bond donors (Lipinski definition) is 1. The molecular formula is C25H25N5O. The van der Waals surface area contributed by atoms with Crippen LogP contribution in [-0.2, 0) is 6.54 Å². The van der Waals surface area contributed by atoms with Crippen LogP contribution in [0.25, 0.3) is 22.4 Å². The van der Waals surface area contributed by atoms with Crippen molar-refractivity contribution >= 4 is 16.9 Å². The number of fused-ring (bicyclic) bond motifs is 1. The van der Waals surface area contributed by atoms with Crippen molar-refractivity contribution in [1.82, 2.24) is 24.8 Å². The smallest absolute Gasteiger partial charge is 0.270 e. The van der Waals surface area contributed by atoms with Crippen LogP contribution in [0.3, 0.4) is 0 Å². The summed E-state index contributed by atoms with van der Waals surface area (Å²) in [6.45, 7) is 4.28. The van der Waals surface area contributed by atoms with E-state index in [1.54, 1.807) is 6.20 Å². The Hall–Kier alpha value is -3.51. The minimum Gasteiger partial charge on any atom is -0.336 e. The van der Waals surface area contributed by atoms with E-state index < -0.39 is 0 Å². The van der Waals surface area contributed by atoms with Gasteiger partial charge in [0.1, 0.15) is 11.3 Å². The second kappa shape index (κ2) is 8.70. The van der Waals surface area contributed by atoms with Gasteiger partial charge in [0.2, 0.25) is 0 Å². The molecule has 1 N–H and O–H groups in total. The van der Waals surface area contributed by atoms with Gasteiger partial charge in [0.25, 0.3) is 5.91 Å². The molecule has 2 aromatic carbocycles. The number of rotatable bonds is 4. The third-order valence-corrected chi connectivity index (χ3v) is 5.76. The number of aromatic nitrogens is 3. The normalized spacial score (nSPS) is 15.2. The molecule has 5 rings (SSSR count). The van der Waals surface area contributed by atoms with Crippen LogP contribution in [-0.4, -0.2) is 56.8 Å². The number of carbonyl (C=O) groups is 1. The zero-order valence-electron chi connectivity index (χ0n) is 17.4. The highest BCUT2D eigenvalue weighted by molar-refractivity contribution is 5.97. The Morgan fingerprint density at radius 1 is 0.935 bits per heavy atom. The highest BCUT2D eigenvalue weighted by atomic mass is 16.2. The summed E-state index contributed by atoms with van der Waals surface area (Å²) in [6.07, 6.45) is 2.75.